The van der Waals surface area contributed by atoms with E-state index in [1.807, 2.05) is 55.8 Å². The van der Waals surface area contributed by atoms with E-state index in [2.05, 4.69) is 26.7 Å². The number of nitrogens with zero attached hydrogens (tertiary/aromatic N) is 5. The minimum absolute atomic E-state index is 0.222. The van der Waals surface area contributed by atoms with Gasteiger partial charge in [0.05, 0.1) is 16.5 Å². The number of hydrogen-bond acceptors (Lipinski definition) is 7. The zero-order valence-electron chi connectivity index (χ0n) is 19.8. The van der Waals surface area contributed by atoms with Gasteiger partial charge >= 0.3 is 0 Å². The lowest BCUT2D eigenvalue weighted by atomic mass is 9.52. The zero-order chi connectivity index (χ0) is 23.4. The fourth-order valence-electron chi connectivity index (χ4n) is 4.42. The quantitative estimate of drug-likeness (QED) is 0.370. The van der Waals surface area contributed by atoms with Gasteiger partial charge in [0.15, 0.2) is 0 Å². The first-order valence-corrected chi connectivity index (χ1v) is 11.4. The molecule has 1 saturated carbocycles. The summed E-state index contributed by atoms with van der Waals surface area (Å²) in [4.78, 5) is 12.9. The molecule has 1 aromatic carbocycles. The highest BCUT2D eigenvalue weighted by atomic mass is 16.5. The Balaban J connectivity index is 1.55. The SMILES string of the molecule is BC(B)(B)Oc1nc(N[C@H]2CC[C@@](C)(O)CC2)nc2[nH]cc(-c3ccc4nnn(C)c4c3)c12. The molecule has 5 rings (SSSR count). The minimum atomic E-state index is -0.581. The Bertz CT molecular complexity index is 1320. The third-order valence-electron chi connectivity index (χ3n) is 6.22. The number of rotatable bonds is 5. The summed E-state index contributed by atoms with van der Waals surface area (Å²) in [6.45, 7) is 1.90. The normalized spacial score (nSPS) is 21.5. The van der Waals surface area contributed by atoms with E-state index in [4.69, 9.17) is 14.7 Å². The lowest BCUT2D eigenvalue weighted by Crippen LogP contribution is -2.38. The maximum atomic E-state index is 10.3. The zero-order valence-corrected chi connectivity index (χ0v) is 19.8. The fraction of sp³-hybridized carbons (Fsp3) is 0.429. The van der Waals surface area contributed by atoms with Gasteiger partial charge in [0.2, 0.25) is 11.8 Å². The summed E-state index contributed by atoms with van der Waals surface area (Å²) in [6, 6.07) is 6.29. The Morgan fingerprint density at radius 1 is 1.24 bits per heavy atom. The second kappa shape index (κ2) is 7.79. The van der Waals surface area contributed by atoms with Gasteiger partial charge in [0.1, 0.15) is 34.7 Å². The molecule has 9 nitrogen and oxygen atoms in total. The standard InChI is InChI=1S/C21H28B3N7O2/c1-20(32)7-5-12(6-8-20)26-19-27-17-16(18(28-19)33-21(22,23)24)13(10-25-17)11-3-4-14-15(9-11)31(2)30-29-14/h3-4,9-10,12,32H,5-8,22-24H2,1-2H3,(H2,25,26,27,28)/t12-,20+. The van der Waals surface area contributed by atoms with E-state index in [0.717, 1.165) is 53.2 Å². The fourth-order valence-corrected chi connectivity index (χ4v) is 4.42. The van der Waals surface area contributed by atoms with E-state index in [-0.39, 0.29) is 6.04 Å². The van der Waals surface area contributed by atoms with Crippen LogP contribution in [0, 0.1) is 0 Å². The summed E-state index contributed by atoms with van der Waals surface area (Å²) in [5.74, 6) is 1.07. The molecule has 3 N–H and O–H groups in total. The van der Waals surface area contributed by atoms with Crippen LogP contribution >= 0.6 is 0 Å². The maximum Gasteiger partial charge on any atom is 0.228 e. The number of hydrogen-bond donors (Lipinski definition) is 3. The molecule has 33 heavy (non-hydrogen) atoms. The molecule has 12 heteroatoms. The number of aliphatic hydroxyl groups is 1. The number of aromatic amines is 1. The molecule has 0 saturated heterocycles. The highest BCUT2D eigenvalue weighted by Gasteiger charge is 2.29. The molecule has 1 aliphatic rings. The molecule has 168 valence electrons. The van der Waals surface area contributed by atoms with Crippen molar-refractivity contribution in [1.29, 1.82) is 0 Å². The van der Waals surface area contributed by atoms with Gasteiger partial charge < -0.3 is 20.1 Å². The second-order valence-corrected chi connectivity index (χ2v) is 10.3. The monoisotopic (exact) mass is 443 g/mol. The molecule has 4 aromatic rings. The Morgan fingerprint density at radius 3 is 2.73 bits per heavy atom. The molecule has 0 spiro atoms. The third-order valence-corrected chi connectivity index (χ3v) is 6.22. The Hall–Kier alpha value is -3.01. The van der Waals surface area contributed by atoms with Crippen LogP contribution in [0.15, 0.2) is 24.4 Å². The van der Waals surface area contributed by atoms with Crippen molar-refractivity contribution in [2.24, 2.45) is 7.05 Å². The molecule has 0 bridgehead atoms. The van der Waals surface area contributed by atoms with E-state index in [9.17, 15) is 5.11 Å². The number of ether oxygens (including phenoxy) is 1. The number of H-pyrrole nitrogens is 1. The van der Waals surface area contributed by atoms with Gasteiger partial charge in [-0.3, -0.25) is 0 Å². The summed E-state index contributed by atoms with van der Waals surface area (Å²) in [5, 5.41) is 22.4. The minimum Gasteiger partial charge on any atom is -0.498 e. The van der Waals surface area contributed by atoms with Crippen molar-refractivity contribution in [2.45, 2.75) is 49.5 Å². The first-order chi connectivity index (χ1) is 15.6. The molecule has 1 fully saturated rings. The van der Waals surface area contributed by atoms with Crippen LogP contribution in [0.4, 0.5) is 5.95 Å². The number of fused-ring (bicyclic) bond motifs is 2. The van der Waals surface area contributed by atoms with Crippen molar-refractivity contribution in [3.05, 3.63) is 24.4 Å². The van der Waals surface area contributed by atoms with Crippen LogP contribution < -0.4 is 10.1 Å². The molecule has 0 amide bonds. The van der Waals surface area contributed by atoms with Crippen molar-refractivity contribution in [3.63, 3.8) is 0 Å². The molecule has 3 aromatic heterocycles. The largest absolute Gasteiger partial charge is 0.498 e. The van der Waals surface area contributed by atoms with Crippen LogP contribution in [0.1, 0.15) is 32.6 Å². The highest BCUT2D eigenvalue weighted by Crippen LogP contribution is 2.37. The highest BCUT2D eigenvalue weighted by molar-refractivity contribution is 6.58. The first-order valence-electron chi connectivity index (χ1n) is 11.4. The van der Waals surface area contributed by atoms with E-state index in [1.165, 1.54) is 0 Å². The van der Waals surface area contributed by atoms with E-state index >= 15 is 0 Å². The lowest BCUT2D eigenvalue weighted by molar-refractivity contribution is 0.0195. The van der Waals surface area contributed by atoms with Crippen LogP contribution in [0.25, 0.3) is 33.2 Å². The van der Waals surface area contributed by atoms with Crippen LogP contribution in [-0.2, 0) is 7.05 Å². The number of aryl methyl sites for hydroxylation is 1. The van der Waals surface area contributed by atoms with Gasteiger partial charge in [0.25, 0.3) is 0 Å². The number of nitrogens with one attached hydrogen (secondary N) is 2. The van der Waals surface area contributed by atoms with Gasteiger partial charge in [0, 0.05) is 30.1 Å². The average molecular weight is 443 g/mol. The average Bonchev–Trinajstić information content (AvgIpc) is 3.32. The van der Waals surface area contributed by atoms with E-state index in [0.29, 0.717) is 17.5 Å². The molecule has 0 unspecified atom stereocenters. The van der Waals surface area contributed by atoms with Gasteiger partial charge in [-0.15, -0.1) is 5.10 Å². The third kappa shape index (κ3) is 4.44. The van der Waals surface area contributed by atoms with Crippen LogP contribution in [-0.4, -0.2) is 75.5 Å². The molecule has 0 atom stereocenters. The lowest BCUT2D eigenvalue weighted by Gasteiger charge is -2.33. The Labute approximate surface area is 194 Å². The van der Waals surface area contributed by atoms with Crippen LogP contribution in [0.3, 0.4) is 0 Å². The molecular weight excluding hydrogens is 415 g/mol. The predicted molar refractivity (Wildman–Crippen MR) is 137 cm³/mol. The van der Waals surface area contributed by atoms with Crippen LogP contribution in [0.2, 0.25) is 0 Å². The summed E-state index contributed by atoms with van der Waals surface area (Å²) in [7, 11) is 7.92. The molecule has 1 aliphatic carbocycles. The van der Waals surface area contributed by atoms with Gasteiger partial charge in [-0.05, 0) is 50.3 Å². The maximum absolute atomic E-state index is 10.3. The summed E-state index contributed by atoms with van der Waals surface area (Å²) >= 11 is 0. The molecule has 3 heterocycles. The number of aromatic nitrogens is 6. The van der Waals surface area contributed by atoms with Gasteiger partial charge in [-0.2, -0.15) is 9.97 Å². The summed E-state index contributed by atoms with van der Waals surface area (Å²) in [6.07, 6.45) is 5.21. The number of benzene rings is 1. The van der Waals surface area contributed by atoms with Gasteiger partial charge in [-0.25, -0.2) is 4.68 Å². The van der Waals surface area contributed by atoms with Crippen molar-refractivity contribution < 1.29 is 9.84 Å². The van der Waals surface area contributed by atoms with Crippen molar-refractivity contribution in [1.82, 2.24) is 29.9 Å². The topological polar surface area (TPSA) is 114 Å². The van der Waals surface area contributed by atoms with Crippen molar-refractivity contribution in [2.75, 3.05) is 5.32 Å². The molecular formula is C21H28B3N7O2. The van der Waals surface area contributed by atoms with Gasteiger partial charge in [-0.1, -0.05) is 11.3 Å². The number of anilines is 1. The Morgan fingerprint density at radius 2 is 2.00 bits per heavy atom. The molecule has 0 radical (unpaired) electrons. The second-order valence-electron chi connectivity index (χ2n) is 10.3. The van der Waals surface area contributed by atoms with Crippen LogP contribution in [0.5, 0.6) is 5.88 Å². The predicted octanol–water partition coefficient (Wildman–Crippen LogP) is -0.0985. The summed E-state index contributed by atoms with van der Waals surface area (Å²) < 4.78 is 8.08. The summed E-state index contributed by atoms with van der Waals surface area (Å²) in [5.41, 5.74) is 3.91. The van der Waals surface area contributed by atoms with Crippen molar-refractivity contribution >= 4 is 51.6 Å². The van der Waals surface area contributed by atoms with E-state index in [1.54, 1.807) is 4.68 Å². The van der Waals surface area contributed by atoms with E-state index < -0.39 is 10.9 Å². The first kappa shape index (κ1) is 21.8. The molecule has 0 aliphatic heterocycles. The smallest absolute Gasteiger partial charge is 0.228 e. The Kier molecular flexibility index (Phi) is 5.15. The van der Waals surface area contributed by atoms with Crippen molar-refractivity contribution in [3.8, 4) is 17.0 Å².